The topological polar surface area (TPSA) is 54.0 Å². The van der Waals surface area contributed by atoms with Crippen LogP contribution in [0.3, 0.4) is 0 Å². The van der Waals surface area contributed by atoms with Crippen LogP contribution in [0.4, 0.5) is 15.8 Å². The Morgan fingerprint density at radius 3 is 2.63 bits per heavy atom. The summed E-state index contributed by atoms with van der Waals surface area (Å²) in [5, 5.41) is 6.72. The maximum absolute atomic E-state index is 12.9. The van der Waals surface area contributed by atoms with Crippen molar-refractivity contribution >= 4 is 28.9 Å². The molecule has 138 valence electrons. The molecule has 1 amide bonds. The number of carbonyl (C=O) groups excluding carboxylic acids is 1. The summed E-state index contributed by atoms with van der Waals surface area (Å²) in [4.78, 5) is 16.6. The number of halogens is 2. The lowest BCUT2D eigenvalue weighted by Gasteiger charge is -2.10. The number of nitrogens with one attached hydrogen (secondary N) is 2. The van der Waals surface area contributed by atoms with Crippen LogP contribution in [-0.2, 0) is 6.42 Å². The number of pyridine rings is 1. The highest BCUT2D eigenvalue weighted by Crippen LogP contribution is 2.20. The molecule has 2 aromatic carbocycles. The molecule has 3 rings (SSSR count). The molecular weight excluding hydrogens is 365 g/mol. The van der Waals surface area contributed by atoms with Gasteiger partial charge in [-0.1, -0.05) is 23.7 Å². The summed E-state index contributed by atoms with van der Waals surface area (Å²) in [7, 11) is 0. The van der Waals surface area contributed by atoms with Crippen LogP contribution in [0, 0.1) is 12.7 Å². The van der Waals surface area contributed by atoms with Crippen molar-refractivity contribution in [2.45, 2.75) is 13.3 Å². The lowest BCUT2D eigenvalue weighted by Crippen LogP contribution is -2.14. The van der Waals surface area contributed by atoms with E-state index in [9.17, 15) is 9.18 Å². The summed E-state index contributed by atoms with van der Waals surface area (Å²) in [5.74, 6) is -0.486. The predicted molar refractivity (Wildman–Crippen MR) is 107 cm³/mol. The number of hydrogen-bond acceptors (Lipinski definition) is 3. The van der Waals surface area contributed by atoms with Crippen LogP contribution in [0.1, 0.15) is 21.5 Å². The van der Waals surface area contributed by atoms with E-state index < -0.39 is 0 Å². The zero-order valence-corrected chi connectivity index (χ0v) is 15.6. The number of anilines is 2. The van der Waals surface area contributed by atoms with Gasteiger partial charge in [0.25, 0.3) is 5.91 Å². The first kappa shape index (κ1) is 18.9. The number of aryl methyl sites for hydroxylation is 1. The molecular formula is C21H19ClFN3O. The fourth-order valence-corrected chi connectivity index (χ4v) is 2.85. The maximum Gasteiger partial charge on any atom is 0.257 e. The van der Waals surface area contributed by atoms with Gasteiger partial charge in [-0.15, -0.1) is 0 Å². The third-order valence-corrected chi connectivity index (χ3v) is 4.33. The van der Waals surface area contributed by atoms with Gasteiger partial charge >= 0.3 is 0 Å². The summed E-state index contributed by atoms with van der Waals surface area (Å²) in [6.07, 6.45) is 3.92. The highest BCUT2D eigenvalue weighted by Gasteiger charge is 2.09. The number of rotatable bonds is 6. The number of nitrogens with zero attached hydrogens (tertiary/aromatic N) is 1. The molecule has 0 atom stereocenters. The fraction of sp³-hybridized carbons (Fsp3) is 0.143. The lowest BCUT2D eigenvalue weighted by atomic mass is 10.1. The van der Waals surface area contributed by atoms with Crippen molar-refractivity contribution in [3.05, 3.63) is 88.5 Å². The molecule has 1 heterocycles. The zero-order valence-electron chi connectivity index (χ0n) is 14.8. The second-order valence-corrected chi connectivity index (χ2v) is 6.62. The van der Waals surface area contributed by atoms with E-state index in [1.165, 1.54) is 18.3 Å². The average molecular weight is 384 g/mol. The number of benzene rings is 2. The standard InChI is InChI=1S/C21H19ClFN3O/c1-14-10-17(22)4-7-20(14)26-21(27)16-11-19(13-24-12-16)25-9-8-15-2-5-18(23)6-3-15/h2-7,10-13,25H,8-9H2,1H3,(H,26,27). The van der Waals surface area contributed by atoms with E-state index in [-0.39, 0.29) is 11.7 Å². The van der Waals surface area contributed by atoms with Crippen molar-refractivity contribution in [3.63, 3.8) is 0 Å². The van der Waals surface area contributed by atoms with Crippen LogP contribution < -0.4 is 10.6 Å². The second kappa shape index (κ2) is 8.64. The van der Waals surface area contributed by atoms with Crippen LogP contribution in [0.2, 0.25) is 5.02 Å². The average Bonchev–Trinajstić information content (AvgIpc) is 2.66. The van der Waals surface area contributed by atoms with Gasteiger partial charge < -0.3 is 10.6 Å². The van der Waals surface area contributed by atoms with Crippen LogP contribution in [0.15, 0.2) is 60.9 Å². The molecule has 0 bridgehead atoms. The summed E-state index contributed by atoms with van der Waals surface area (Å²) < 4.78 is 12.9. The Morgan fingerprint density at radius 1 is 1.11 bits per heavy atom. The van der Waals surface area contributed by atoms with E-state index in [0.717, 1.165) is 23.2 Å². The van der Waals surface area contributed by atoms with Crippen molar-refractivity contribution in [3.8, 4) is 0 Å². The Bertz CT molecular complexity index is 944. The molecule has 0 saturated carbocycles. The molecule has 2 N–H and O–H groups in total. The smallest absolute Gasteiger partial charge is 0.257 e. The van der Waals surface area contributed by atoms with E-state index in [4.69, 9.17) is 11.6 Å². The van der Waals surface area contributed by atoms with E-state index in [1.54, 1.807) is 42.6 Å². The first-order valence-corrected chi connectivity index (χ1v) is 8.90. The van der Waals surface area contributed by atoms with Crippen LogP contribution in [0.25, 0.3) is 0 Å². The van der Waals surface area contributed by atoms with Crippen molar-refractivity contribution in [1.82, 2.24) is 4.98 Å². The summed E-state index contributed by atoms with van der Waals surface area (Å²) in [5.41, 5.74) is 3.83. The Morgan fingerprint density at radius 2 is 1.89 bits per heavy atom. The zero-order chi connectivity index (χ0) is 19.2. The third kappa shape index (κ3) is 5.28. The minimum atomic E-state index is -0.245. The molecule has 0 aliphatic heterocycles. The second-order valence-electron chi connectivity index (χ2n) is 6.18. The quantitative estimate of drug-likeness (QED) is 0.623. The molecule has 1 aromatic heterocycles. The van der Waals surface area contributed by atoms with Crippen molar-refractivity contribution in [1.29, 1.82) is 0 Å². The first-order chi connectivity index (χ1) is 13.0. The summed E-state index contributed by atoms with van der Waals surface area (Å²) >= 11 is 5.94. The first-order valence-electron chi connectivity index (χ1n) is 8.52. The normalized spacial score (nSPS) is 10.5. The van der Waals surface area contributed by atoms with E-state index >= 15 is 0 Å². The molecule has 0 spiro atoms. The van der Waals surface area contributed by atoms with Crippen LogP contribution >= 0.6 is 11.6 Å². The molecule has 0 aliphatic carbocycles. The Balaban J connectivity index is 1.60. The molecule has 4 nitrogen and oxygen atoms in total. The maximum atomic E-state index is 12.9. The molecule has 0 unspecified atom stereocenters. The number of hydrogen-bond donors (Lipinski definition) is 2. The van der Waals surface area contributed by atoms with Crippen LogP contribution in [0.5, 0.6) is 0 Å². The SMILES string of the molecule is Cc1cc(Cl)ccc1NC(=O)c1cncc(NCCc2ccc(F)cc2)c1. The Hall–Kier alpha value is -2.92. The van der Waals surface area contributed by atoms with Gasteiger partial charge in [0.2, 0.25) is 0 Å². The van der Waals surface area contributed by atoms with Gasteiger partial charge in [0.1, 0.15) is 5.82 Å². The molecule has 0 aliphatic rings. The highest BCUT2D eigenvalue weighted by molar-refractivity contribution is 6.30. The molecule has 0 saturated heterocycles. The molecule has 0 fully saturated rings. The number of aromatic nitrogens is 1. The largest absolute Gasteiger partial charge is 0.383 e. The minimum Gasteiger partial charge on any atom is -0.383 e. The van der Waals surface area contributed by atoms with E-state index in [2.05, 4.69) is 15.6 Å². The molecule has 0 radical (unpaired) electrons. The third-order valence-electron chi connectivity index (χ3n) is 4.09. The Labute approximate surface area is 162 Å². The van der Waals surface area contributed by atoms with Gasteiger partial charge in [-0.25, -0.2) is 4.39 Å². The lowest BCUT2D eigenvalue weighted by molar-refractivity contribution is 0.102. The number of carbonyl (C=O) groups is 1. The van der Waals surface area contributed by atoms with E-state index in [0.29, 0.717) is 22.8 Å². The highest BCUT2D eigenvalue weighted by atomic mass is 35.5. The summed E-state index contributed by atoms with van der Waals surface area (Å²) in [6.45, 7) is 2.53. The van der Waals surface area contributed by atoms with Gasteiger partial charge in [-0.3, -0.25) is 9.78 Å². The minimum absolute atomic E-state index is 0.241. The fourth-order valence-electron chi connectivity index (χ4n) is 2.62. The molecule has 6 heteroatoms. The Kier molecular flexibility index (Phi) is 6.04. The van der Waals surface area contributed by atoms with Crippen molar-refractivity contribution < 1.29 is 9.18 Å². The summed E-state index contributed by atoms with van der Waals surface area (Å²) in [6, 6.07) is 13.5. The molecule has 3 aromatic rings. The van der Waals surface area contributed by atoms with Gasteiger partial charge in [0.15, 0.2) is 0 Å². The van der Waals surface area contributed by atoms with Crippen LogP contribution in [-0.4, -0.2) is 17.4 Å². The van der Waals surface area contributed by atoms with Crippen molar-refractivity contribution in [2.75, 3.05) is 17.2 Å². The monoisotopic (exact) mass is 383 g/mol. The molecule has 27 heavy (non-hydrogen) atoms. The van der Waals surface area contributed by atoms with E-state index in [1.807, 2.05) is 6.92 Å². The van der Waals surface area contributed by atoms with Gasteiger partial charge in [-0.05, 0) is 60.9 Å². The van der Waals surface area contributed by atoms with Gasteiger partial charge in [0.05, 0.1) is 11.3 Å². The van der Waals surface area contributed by atoms with Crippen molar-refractivity contribution in [2.24, 2.45) is 0 Å². The van der Waals surface area contributed by atoms with Gasteiger partial charge in [0, 0.05) is 29.6 Å². The number of amides is 1. The van der Waals surface area contributed by atoms with Gasteiger partial charge in [-0.2, -0.15) is 0 Å². The predicted octanol–water partition coefficient (Wildman–Crippen LogP) is 5.09.